The van der Waals surface area contributed by atoms with Gasteiger partial charge in [-0.3, -0.25) is 14.4 Å². The third kappa shape index (κ3) is 4.41. The normalized spacial score (nSPS) is 23.0. The van der Waals surface area contributed by atoms with Crippen molar-refractivity contribution in [2.75, 3.05) is 19.8 Å². The fourth-order valence-electron chi connectivity index (χ4n) is 4.25. The number of morpholine rings is 1. The van der Waals surface area contributed by atoms with Crippen LogP contribution >= 0.6 is 0 Å². The molecule has 1 N–H and O–H groups in total. The number of nitrogens with zero attached hydrogens (tertiary/aromatic N) is 2. The summed E-state index contributed by atoms with van der Waals surface area (Å²) in [6.07, 6.45) is 1.02. The van der Waals surface area contributed by atoms with E-state index in [4.69, 9.17) is 15.0 Å². The van der Waals surface area contributed by atoms with E-state index >= 15 is 0 Å². The highest BCUT2D eigenvalue weighted by Gasteiger charge is 2.39. The number of allylic oxidation sites excluding steroid dienone is 1. The molecule has 1 unspecified atom stereocenters. The second-order valence-corrected chi connectivity index (χ2v) is 8.35. The van der Waals surface area contributed by atoms with E-state index < -0.39 is 25.0 Å². The number of amides is 3. The molecule has 34 heavy (non-hydrogen) atoms. The highest BCUT2D eigenvalue weighted by molar-refractivity contribution is 6.02. The lowest BCUT2D eigenvalue weighted by atomic mass is 10.0. The summed E-state index contributed by atoms with van der Waals surface area (Å²) >= 11 is 0. The first-order valence-electron chi connectivity index (χ1n) is 13.1. The van der Waals surface area contributed by atoms with Crippen LogP contribution < -0.4 is 10.1 Å². The largest absolute Gasteiger partial charge is 0.489 e. The number of piperidine rings is 1. The molecule has 3 heterocycles. The van der Waals surface area contributed by atoms with Gasteiger partial charge in [-0.05, 0) is 36.1 Å². The number of nitrogens with one attached hydrogen (secondary N) is 1. The molecule has 0 bridgehead atoms. The van der Waals surface area contributed by atoms with Crippen molar-refractivity contribution in [1.29, 1.82) is 0 Å². The summed E-state index contributed by atoms with van der Waals surface area (Å²) in [5, 5.41) is 2.69. The molecule has 8 heteroatoms. The topological polar surface area (TPSA) is 88.2 Å². The van der Waals surface area contributed by atoms with Gasteiger partial charge in [0.25, 0.3) is 5.91 Å². The van der Waals surface area contributed by atoms with E-state index in [1.807, 2.05) is 0 Å². The van der Waals surface area contributed by atoms with Gasteiger partial charge in [-0.15, -0.1) is 0 Å². The Labute approximate surface area is 203 Å². The van der Waals surface area contributed by atoms with E-state index in [1.54, 1.807) is 18.2 Å². The quantitative estimate of drug-likeness (QED) is 0.708. The lowest BCUT2D eigenvalue weighted by Crippen LogP contribution is -2.49. The summed E-state index contributed by atoms with van der Waals surface area (Å²) in [6.45, 7) is -0.353. The van der Waals surface area contributed by atoms with Crippen molar-refractivity contribution in [2.24, 2.45) is 0 Å². The first kappa shape index (κ1) is 17.8. The van der Waals surface area contributed by atoms with Crippen molar-refractivity contribution in [3.63, 3.8) is 0 Å². The summed E-state index contributed by atoms with van der Waals surface area (Å²) in [5.74, 6) is -0.884. The molecule has 3 aliphatic heterocycles. The SMILES string of the molecule is [2H]C([2H])(Oc1cccc2c1CN(C1CCC(=C)NC1=O)C2=O)c1ccc(C([2H])([2H])N2CCOCC2=O)cc1. The molecule has 2 aromatic carbocycles. The predicted octanol–water partition coefficient (Wildman–Crippen LogP) is 2.37. The van der Waals surface area contributed by atoms with Gasteiger partial charge in [-0.2, -0.15) is 0 Å². The molecule has 2 saturated heterocycles. The Bertz CT molecular complexity index is 1310. The van der Waals surface area contributed by atoms with Crippen molar-refractivity contribution in [3.05, 3.63) is 77.0 Å². The Morgan fingerprint density at radius 3 is 2.71 bits per heavy atom. The molecule has 8 nitrogen and oxygen atoms in total. The van der Waals surface area contributed by atoms with Gasteiger partial charge < -0.3 is 24.6 Å². The molecular weight excluding hydrogens is 434 g/mol. The fraction of sp³-hybridized carbons (Fsp3) is 0.346. The lowest BCUT2D eigenvalue weighted by molar-refractivity contribution is -0.143. The zero-order valence-corrected chi connectivity index (χ0v) is 18.5. The van der Waals surface area contributed by atoms with Crippen LogP contribution in [0.3, 0.4) is 0 Å². The Morgan fingerprint density at radius 1 is 1.15 bits per heavy atom. The first-order chi connectivity index (χ1) is 18.0. The third-order valence-corrected chi connectivity index (χ3v) is 6.06. The molecule has 0 aromatic heterocycles. The Kier molecular flexibility index (Phi) is 4.86. The smallest absolute Gasteiger partial charge is 0.255 e. The second kappa shape index (κ2) is 9.30. The number of hydrogen-bond acceptors (Lipinski definition) is 5. The predicted molar refractivity (Wildman–Crippen MR) is 124 cm³/mol. The van der Waals surface area contributed by atoms with Crippen molar-refractivity contribution in [2.45, 2.75) is 38.5 Å². The van der Waals surface area contributed by atoms with Crippen LogP contribution in [0, 0.1) is 0 Å². The molecule has 1 atom stereocenters. The fourth-order valence-corrected chi connectivity index (χ4v) is 4.25. The van der Waals surface area contributed by atoms with Gasteiger partial charge in [0.15, 0.2) is 0 Å². The first-order valence-corrected chi connectivity index (χ1v) is 11.1. The summed E-state index contributed by atoms with van der Waals surface area (Å²) < 4.78 is 44.9. The number of carbonyl (C=O) groups is 3. The van der Waals surface area contributed by atoms with E-state index in [9.17, 15) is 14.4 Å². The van der Waals surface area contributed by atoms with Gasteiger partial charge >= 0.3 is 0 Å². The van der Waals surface area contributed by atoms with E-state index in [0.717, 1.165) is 4.90 Å². The maximum Gasteiger partial charge on any atom is 0.255 e. The van der Waals surface area contributed by atoms with E-state index in [-0.39, 0.29) is 55.0 Å². The molecule has 3 amide bonds. The van der Waals surface area contributed by atoms with Crippen LogP contribution in [-0.2, 0) is 33.9 Å². The van der Waals surface area contributed by atoms with E-state index in [0.29, 0.717) is 29.7 Å². The average molecular weight is 466 g/mol. The number of benzene rings is 2. The summed E-state index contributed by atoms with van der Waals surface area (Å²) in [4.78, 5) is 40.3. The zero-order valence-electron chi connectivity index (χ0n) is 22.5. The highest BCUT2D eigenvalue weighted by atomic mass is 16.5. The maximum atomic E-state index is 13.1. The average Bonchev–Trinajstić information content (AvgIpc) is 3.21. The maximum absolute atomic E-state index is 13.1. The van der Waals surface area contributed by atoms with Crippen molar-refractivity contribution in [3.8, 4) is 5.75 Å². The molecule has 0 radical (unpaired) electrons. The van der Waals surface area contributed by atoms with Gasteiger partial charge in [0.1, 0.15) is 25.0 Å². The Hall–Kier alpha value is -3.65. The molecule has 3 aliphatic rings. The monoisotopic (exact) mass is 465 g/mol. The van der Waals surface area contributed by atoms with Gasteiger partial charge in [0, 0.05) is 29.9 Å². The Morgan fingerprint density at radius 2 is 1.94 bits per heavy atom. The molecule has 5 rings (SSSR count). The molecule has 176 valence electrons. The van der Waals surface area contributed by atoms with Gasteiger partial charge in [-0.25, -0.2) is 0 Å². The summed E-state index contributed by atoms with van der Waals surface area (Å²) in [5.41, 5.74) is 1.80. The summed E-state index contributed by atoms with van der Waals surface area (Å²) in [6, 6.07) is 9.84. The number of ether oxygens (including phenoxy) is 2. The van der Waals surface area contributed by atoms with Crippen LogP contribution in [0.25, 0.3) is 0 Å². The molecule has 0 saturated carbocycles. The highest BCUT2D eigenvalue weighted by Crippen LogP contribution is 2.34. The van der Waals surface area contributed by atoms with E-state index in [1.165, 1.54) is 29.2 Å². The van der Waals surface area contributed by atoms with Crippen LogP contribution in [0.5, 0.6) is 5.75 Å². The van der Waals surface area contributed by atoms with Crippen molar-refractivity contribution >= 4 is 17.7 Å². The zero-order chi connectivity index (χ0) is 27.2. The van der Waals surface area contributed by atoms with Crippen LogP contribution in [0.4, 0.5) is 0 Å². The standard InChI is InChI=1S/C26H27N3O5/c1-17-5-10-22(25(31)27-17)29-14-21-20(26(29)32)3-2-4-23(21)34-15-19-8-6-18(7-9-19)13-28-11-12-33-16-24(28)30/h2-4,6-9,22H,1,5,10-16H2,(H,27,31)/i13D2,15D2. The molecule has 0 aliphatic carbocycles. The van der Waals surface area contributed by atoms with E-state index in [2.05, 4.69) is 11.9 Å². The van der Waals surface area contributed by atoms with Gasteiger partial charge in [0.2, 0.25) is 11.8 Å². The van der Waals surface area contributed by atoms with Crippen LogP contribution in [0.15, 0.2) is 54.7 Å². The lowest BCUT2D eigenvalue weighted by Gasteiger charge is -2.31. The third-order valence-electron chi connectivity index (χ3n) is 6.06. The van der Waals surface area contributed by atoms with Crippen LogP contribution in [0.1, 0.15) is 45.4 Å². The van der Waals surface area contributed by atoms with Crippen molar-refractivity contribution in [1.82, 2.24) is 15.1 Å². The molecule has 2 fully saturated rings. The molecule has 0 spiro atoms. The van der Waals surface area contributed by atoms with Crippen molar-refractivity contribution < 1.29 is 29.3 Å². The number of carbonyl (C=O) groups excluding carboxylic acids is 3. The molecule has 2 aromatic rings. The minimum Gasteiger partial charge on any atom is -0.489 e. The molecular formula is C26H27N3O5. The van der Waals surface area contributed by atoms with Crippen LogP contribution in [-0.4, -0.2) is 53.3 Å². The summed E-state index contributed by atoms with van der Waals surface area (Å²) in [7, 11) is 0. The van der Waals surface area contributed by atoms with Gasteiger partial charge in [-0.1, -0.05) is 36.9 Å². The van der Waals surface area contributed by atoms with Crippen LogP contribution in [0.2, 0.25) is 0 Å². The Balaban J connectivity index is 1.35. The minimum absolute atomic E-state index is 0.109. The number of rotatable bonds is 6. The second-order valence-electron chi connectivity index (χ2n) is 8.35. The minimum atomic E-state index is -2.31. The number of fused-ring (bicyclic) bond motifs is 1. The van der Waals surface area contributed by atoms with Gasteiger partial charge in [0.05, 0.1) is 18.6 Å². The number of hydrogen-bond donors (Lipinski definition) is 1.